The molecule has 0 radical (unpaired) electrons. The van der Waals surface area contributed by atoms with Gasteiger partial charge in [-0.1, -0.05) is 0 Å². The molecular formula is C11H13N3O2. The Morgan fingerprint density at radius 2 is 2.56 bits per heavy atom. The van der Waals surface area contributed by atoms with Crippen molar-refractivity contribution < 1.29 is 4.42 Å². The van der Waals surface area contributed by atoms with Gasteiger partial charge in [0.05, 0.1) is 0 Å². The lowest BCUT2D eigenvalue weighted by Crippen LogP contribution is -2.30. The molecule has 2 aromatic rings. The molecule has 0 bridgehead atoms. The van der Waals surface area contributed by atoms with Crippen molar-refractivity contribution >= 4 is 11.2 Å². The molecule has 1 atom stereocenters. The van der Waals surface area contributed by atoms with E-state index in [0.717, 1.165) is 13.0 Å². The summed E-state index contributed by atoms with van der Waals surface area (Å²) in [6.07, 6.45) is 3.95. The van der Waals surface area contributed by atoms with Gasteiger partial charge in [-0.15, -0.1) is 0 Å². The number of pyridine rings is 1. The Morgan fingerprint density at radius 3 is 3.38 bits per heavy atom. The van der Waals surface area contributed by atoms with Gasteiger partial charge in [0.15, 0.2) is 11.2 Å². The molecule has 3 heterocycles. The average molecular weight is 219 g/mol. The van der Waals surface area contributed by atoms with Crippen LogP contribution in [0.2, 0.25) is 0 Å². The maximum atomic E-state index is 11.7. The average Bonchev–Trinajstić information content (AvgIpc) is 2.89. The molecule has 1 saturated heterocycles. The Balaban J connectivity index is 2.01. The van der Waals surface area contributed by atoms with Crippen molar-refractivity contribution in [1.29, 1.82) is 0 Å². The molecule has 1 aliphatic rings. The summed E-state index contributed by atoms with van der Waals surface area (Å²) in [5.41, 5.74) is 1.20. The van der Waals surface area contributed by atoms with E-state index in [2.05, 4.69) is 10.3 Å². The van der Waals surface area contributed by atoms with Crippen LogP contribution in [0, 0.1) is 0 Å². The molecule has 3 rings (SSSR count). The van der Waals surface area contributed by atoms with Crippen molar-refractivity contribution in [1.82, 2.24) is 14.9 Å². The standard InChI is InChI=1S/C11H13N3O2/c15-11-14(7-8-3-1-5-12-8)10-9(16-11)4-2-6-13-10/h2,4,6,8,12H,1,3,5,7H2. The van der Waals surface area contributed by atoms with E-state index in [1.54, 1.807) is 22.9 Å². The molecule has 1 unspecified atom stereocenters. The van der Waals surface area contributed by atoms with E-state index in [9.17, 15) is 4.79 Å². The topological polar surface area (TPSA) is 60.1 Å². The zero-order valence-electron chi connectivity index (χ0n) is 8.85. The second-order valence-corrected chi connectivity index (χ2v) is 4.10. The summed E-state index contributed by atoms with van der Waals surface area (Å²) in [6, 6.07) is 3.90. The number of rotatable bonds is 2. The lowest BCUT2D eigenvalue weighted by molar-refractivity contribution is 0.455. The molecule has 84 valence electrons. The third-order valence-electron chi connectivity index (χ3n) is 2.99. The Morgan fingerprint density at radius 1 is 1.62 bits per heavy atom. The van der Waals surface area contributed by atoms with Gasteiger partial charge in [-0.25, -0.2) is 9.78 Å². The van der Waals surface area contributed by atoms with E-state index in [0.29, 0.717) is 23.8 Å². The molecule has 16 heavy (non-hydrogen) atoms. The van der Waals surface area contributed by atoms with E-state index in [1.165, 1.54) is 6.42 Å². The fourth-order valence-electron chi connectivity index (χ4n) is 2.19. The normalized spacial score (nSPS) is 20.6. The first-order chi connectivity index (χ1) is 7.84. The van der Waals surface area contributed by atoms with Crippen LogP contribution in [-0.2, 0) is 6.54 Å². The van der Waals surface area contributed by atoms with Crippen LogP contribution in [0.4, 0.5) is 0 Å². The number of aromatic nitrogens is 2. The smallest absolute Gasteiger partial charge is 0.406 e. The molecule has 1 fully saturated rings. The highest BCUT2D eigenvalue weighted by atomic mass is 16.4. The number of oxazole rings is 1. The lowest BCUT2D eigenvalue weighted by Gasteiger charge is -2.09. The lowest BCUT2D eigenvalue weighted by atomic mass is 10.2. The van der Waals surface area contributed by atoms with Crippen LogP contribution in [0.1, 0.15) is 12.8 Å². The first-order valence-electron chi connectivity index (χ1n) is 5.52. The third-order valence-corrected chi connectivity index (χ3v) is 2.99. The summed E-state index contributed by atoms with van der Waals surface area (Å²) in [7, 11) is 0. The predicted molar refractivity (Wildman–Crippen MR) is 59.3 cm³/mol. The minimum Gasteiger partial charge on any atom is -0.406 e. The SMILES string of the molecule is O=c1oc2cccnc2n1CC1CCCN1. The van der Waals surface area contributed by atoms with Crippen molar-refractivity contribution in [2.75, 3.05) is 6.54 Å². The number of hydrogen-bond donors (Lipinski definition) is 1. The molecule has 0 saturated carbocycles. The number of hydrogen-bond acceptors (Lipinski definition) is 4. The molecular weight excluding hydrogens is 206 g/mol. The van der Waals surface area contributed by atoms with Crippen LogP contribution >= 0.6 is 0 Å². The monoisotopic (exact) mass is 219 g/mol. The van der Waals surface area contributed by atoms with E-state index in [-0.39, 0.29) is 5.76 Å². The highest BCUT2D eigenvalue weighted by molar-refractivity contribution is 5.67. The first-order valence-corrected chi connectivity index (χ1v) is 5.52. The van der Waals surface area contributed by atoms with Crippen molar-refractivity contribution in [2.24, 2.45) is 0 Å². The first kappa shape index (κ1) is 9.59. The number of nitrogens with zero attached hydrogens (tertiary/aromatic N) is 2. The van der Waals surface area contributed by atoms with Gasteiger partial charge in [0.2, 0.25) is 0 Å². The maximum absolute atomic E-state index is 11.7. The van der Waals surface area contributed by atoms with E-state index < -0.39 is 0 Å². The fourth-order valence-corrected chi connectivity index (χ4v) is 2.19. The molecule has 0 spiro atoms. The number of nitrogens with one attached hydrogen (secondary N) is 1. The van der Waals surface area contributed by atoms with Crippen LogP contribution in [-0.4, -0.2) is 22.1 Å². The van der Waals surface area contributed by atoms with Crippen molar-refractivity contribution in [3.05, 3.63) is 28.9 Å². The zero-order chi connectivity index (χ0) is 11.0. The van der Waals surface area contributed by atoms with E-state index in [1.807, 2.05) is 0 Å². The molecule has 1 aliphatic heterocycles. The molecule has 1 N–H and O–H groups in total. The Labute approximate surface area is 92.1 Å². The van der Waals surface area contributed by atoms with Crippen LogP contribution in [0.5, 0.6) is 0 Å². The van der Waals surface area contributed by atoms with Crippen molar-refractivity contribution in [3.63, 3.8) is 0 Å². The summed E-state index contributed by atoms with van der Waals surface area (Å²) in [6.45, 7) is 1.67. The molecule has 0 amide bonds. The Hall–Kier alpha value is -1.62. The molecule has 5 nitrogen and oxygen atoms in total. The van der Waals surface area contributed by atoms with Gasteiger partial charge in [-0.2, -0.15) is 0 Å². The van der Waals surface area contributed by atoms with Crippen LogP contribution in [0.25, 0.3) is 11.2 Å². The molecule has 0 aliphatic carbocycles. The van der Waals surface area contributed by atoms with Crippen LogP contribution in [0.3, 0.4) is 0 Å². The summed E-state index contributed by atoms with van der Waals surface area (Å²) < 4.78 is 6.74. The second kappa shape index (κ2) is 3.75. The van der Waals surface area contributed by atoms with Gasteiger partial charge in [0.25, 0.3) is 0 Å². The van der Waals surface area contributed by atoms with E-state index in [4.69, 9.17) is 4.42 Å². The maximum Gasteiger partial charge on any atom is 0.421 e. The predicted octanol–water partition coefficient (Wildman–Crippen LogP) is 0.741. The summed E-state index contributed by atoms with van der Waals surface area (Å²) in [4.78, 5) is 15.8. The Bertz CT molecular complexity index is 552. The second-order valence-electron chi connectivity index (χ2n) is 4.10. The zero-order valence-corrected chi connectivity index (χ0v) is 8.85. The Kier molecular flexibility index (Phi) is 2.25. The van der Waals surface area contributed by atoms with Gasteiger partial charge in [0.1, 0.15) is 0 Å². The largest absolute Gasteiger partial charge is 0.421 e. The van der Waals surface area contributed by atoms with Gasteiger partial charge in [-0.3, -0.25) is 4.57 Å². The summed E-state index contributed by atoms with van der Waals surface area (Å²) in [5.74, 6) is -0.317. The summed E-state index contributed by atoms with van der Waals surface area (Å²) in [5, 5.41) is 3.36. The van der Waals surface area contributed by atoms with Gasteiger partial charge >= 0.3 is 5.76 Å². The summed E-state index contributed by atoms with van der Waals surface area (Å²) >= 11 is 0. The van der Waals surface area contributed by atoms with E-state index >= 15 is 0 Å². The van der Waals surface area contributed by atoms with Crippen molar-refractivity contribution in [2.45, 2.75) is 25.4 Å². The molecule has 0 aromatic carbocycles. The highest BCUT2D eigenvalue weighted by Crippen LogP contribution is 2.12. The fraction of sp³-hybridized carbons (Fsp3) is 0.455. The van der Waals surface area contributed by atoms with Crippen molar-refractivity contribution in [3.8, 4) is 0 Å². The highest BCUT2D eigenvalue weighted by Gasteiger charge is 2.18. The quantitative estimate of drug-likeness (QED) is 0.809. The minimum absolute atomic E-state index is 0.317. The number of fused-ring (bicyclic) bond motifs is 1. The minimum atomic E-state index is -0.317. The molecule has 2 aromatic heterocycles. The molecule has 5 heteroatoms. The van der Waals surface area contributed by atoms with Gasteiger partial charge in [0, 0.05) is 18.8 Å². The van der Waals surface area contributed by atoms with Gasteiger partial charge in [-0.05, 0) is 31.5 Å². The van der Waals surface area contributed by atoms with Crippen LogP contribution in [0.15, 0.2) is 27.5 Å². The third kappa shape index (κ3) is 1.53. The van der Waals surface area contributed by atoms with Crippen LogP contribution < -0.4 is 11.1 Å². The van der Waals surface area contributed by atoms with Gasteiger partial charge < -0.3 is 9.73 Å².